The van der Waals surface area contributed by atoms with Gasteiger partial charge in [0.15, 0.2) is 0 Å². The topological polar surface area (TPSA) is 55.1 Å². The van der Waals surface area contributed by atoms with E-state index in [0.29, 0.717) is 30.6 Å². The van der Waals surface area contributed by atoms with Gasteiger partial charge in [-0.3, -0.25) is 4.79 Å². The molecule has 0 atom stereocenters. The number of rotatable bonds is 6. The van der Waals surface area contributed by atoms with Gasteiger partial charge in [0.05, 0.1) is 0 Å². The van der Waals surface area contributed by atoms with Gasteiger partial charge in [-0.1, -0.05) is 18.2 Å². The number of benzene rings is 2. The molecule has 0 heterocycles. The molecular weight excluding hydrogens is 274 g/mol. The molecule has 2 aromatic rings. The highest BCUT2D eigenvalue weighted by molar-refractivity contribution is 5.94. The van der Waals surface area contributed by atoms with Crippen LogP contribution < -0.4 is 11.1 Å². The smallest absolute Gasteiger partial charge is 0.249 e. The van der Waals surface area contributed by atoms with Crippen molar-refractivity contribution in [2.75, 3.05) is 6.54 Å². The summed E-state index contributed by atoms with van der Waals surface area (Å²) in [7, 11) is 0. The summed E-state index contributed by atoms with van der Waals surface area (Å²) in [5.41, 5.74) is 7.15. The van der Waals surface area contributed by atoms with Gasteiger partial charge in [0.25, 0.3) is 0 Å². The van der Waals surface area contributed by atoms with Crippen LogP contribution >= 0.6 is 0 Å². The van der Waals surface area contributed by atoms with Crippen molar-refractivity contribution in [2.24, 2.45) is 5.73 Å². The molecule has 0 aromatic heterocycles. The minimum Gasteiger partial charge on any atom is -0.366 e. The molecule has 110 valence electrons. The molecule has 0 bridgehead atoms. The highest BCUT2D eigenvalue weighted by Gasteiger charge is 2.06. The number of primary amides is 1. The minimum absolute atomic E-state index is 0.469. The van der Waals surface area contributed by atoms with E-state index in [-0.39, 0.29) is 0 Å². The quantitative estimate of drug-likeness (QED) is 0.803. The number of hydrogen-bond acceptors (Lipinski definition) is 2. The molecule has 1 amide bonds. The molecule has 0 radical (unpaired) electrons. The first-order chi connectivity index (χ1) is 10.1. The summed E-state index contributed by atoms with van der Waals surface area (Å²) in [5.74, 6) is -1.63. The third-order valence-electron chi connectivity index (χ3n) is 3.11. The van der Waals surface area contributed by atoms with Crippen LogP contribution in [-0.2, 0) is 13.0 Å². The van der Waals surface area contributed by atoms with E-state index in [2.05, 4.69) is 5.32 Å². The van der Waals surface area contributed by atoms with Crippen LogP contribution in [0, 0.1) is 11.6 Å². The highest BCUT2D eigenvalue weighted by Crippen LogP contribution is 2.09. The van der Waals surface area contributed by atoms with Crippen molar-refractivity contribution in [3.05, 3.63) is 70.8 Å². The van der Waals surface area contributed by atoms with Crippen molar-refractivity contribution >= 4 is 5.91 Å². The van der Waals surface area contributed by atoms with Gasteiger partial charge in [-0.15, -0.1) is 0 Å². The molecule has 0 aliphatic rings. The molecule has 0 unspecified atom stereocenters. The van der Waals surface area contributed by atoms with Crippen LogP contribution in [0.15, 0.2) is 42.5 Å². The Morgan fingerprint density at radius 1 is 1.10 bits per heavy atom. The van der Waals surface area contributed by atoms with E-state index in [1.807, 2.05) is 12.1 Å². The van der Waals surface area contributed by atoms with E-state index in [1.54, 1.807) is 12.1 Å². The largest absolute Gasteiger partial charge is 0.366 e. The number of carbonyl (C=O) groups is 1. The van der Waals surface area contributed by atoms with Crippen LogP contribution in [0.25, 0.3) is 0 Å². The molecule has 2 aromatic carbocycles. The Hall–Kier alpha value is -2.27. The fourth-order valence-electron chi connectivity index (χ4n) is 2.13. The van der Waals surface area contributed by atoms with Crippen molar-refractivity contribution in [3.63, 3.8) is 0 Å². The first kappa shape index (κ1) is 15.1. The second kappa shape index (κ2) is 6.95. The standard InChI is InChI=1S/C16H16F2N2O/c17-13-7-11(8-14(18)9-13)5-6-20-10-12-3-1-2-4-15(12)16(19)21/h1-4,7-9,20H,5-6,10H2,(H2,19,21). The van der Waals surface area contributed by atoms with Crippen molar-refractivity contribution in [2.45, 2.75) is 13.0 Å². The molecule has 0 fully saturated rings. The Labute approximate surface area is 121 Å². The lowest BCUT2D eigenvalue weighted by molar-refractivity contribution is 0.0999. The van der Waals surface area contributed by atoms with Crippen LogP contribution in [0.2, 0.25) is 0 Å². The van der Waals surface area contributed by atoms with Gasteiger partial charge in [-0.05, 0) is 42.3 Å². The second-order valence-electron chi connectivity index (χ2n) is 4.73. The molecule has 0 aliphatic heterocycles. The Kier molecular flexibility index (Phi) is 5.00. The van der Waals surface area contributed by atoms with Crippen molar-refractivity contribution in [1.82, 2.24) is 5.32 Å². The summed E-state index contributed by atoms with van der Waals surface area (Å²) >= 11 is 0. The number of hydrogen-bond donors (Lipinski definition) is 2. The SMILES string of the molecule is NC(=O)c1ccccc1CNCCc1cc(F)cc(F)c1. The van der Waals surface area contributed by atoms with E-state index in [1.165, 1.54) is 12.1 Å². The second-order valence-corrected chi connectivity index (χ2v) is 4.73. The Balaban J connectivity index is 1.89. The molecule has 0 spiro atoms. The number of nitrogens with one attached hydrogen (secondary N) is 1. The monoisotopic (exact) mass is 290 g/mol. The van der Waals surface area contributed by atoms with E-state index in [9.17, 15) is 13.6 Å². The lowest BCUT2D eigenvalue weighted by Crippen LogP contribution is -2.20. The van der Waals surface area contributed by atoms with E-state index >= 15 is 0 Å². The van der Waals surface area contributed by atoms with Crippen LogP contribution in [0.4, 0.5) is 8.78 Å². The van der Waals surface area contributed by atoms with E-state index in [4.69, 9.17) is 5.73 Å². The third-order valence-corrected chi connectivity index (χ3v) is 3.11. The molecule has 0 saturated carbocycles. The normalized spacial score (nSPS) is 10.6. The summed E-state index contributed by atoms with van der Waals surface area (Å²) in [6.07, 6.45) is 0.493. The zero-order valence-corrected chi connectivity index (χ0v) is 11.4. The first-order valence-electron chi connectivity index (χ1n) is 6.59. The van der Waals surface area contributed by atoms with Gasteiger partial charge < -0.3 is 11.1 Å². The molecule has 3 N–H and O–H groups in total. The van der Waals surface area contributed by atoms with Gasteiger partial charge in [-0.2, -0.15) is 0 Å². The van der Waals surface area contributed by atoms with Crippen LogP contribution in [0.3, 0.4) is 0 Å². The van der Waals surface area contributed by atoms with Crippen LogP contribution in [-0.4, -0.2) is 12.5 Å². The van der Waals surface area contributed by atoms with Gasteiger partial charge in [-0.25, -0.2) is 8.78 Å². The predicted octanol–water partition coefficient (Wildman–Crippen LogP) is 2.40. The minimum atomic E-state index is -0.580. The van der Waals surface area contributed by atoms with Gasteiger partial charge in [0.1, 0.15) is 11.6 Å². The molecule has 21 heavy (non-hydrogen) atoms. The molecule has 0 saturated heterocycles. The Bertz CT molecular complexity index is 624. The predicted molar refractivity (Wildman–Crippen MR) is 76.7 cm³/mol. The molecule has 5 heteroatoms. The molecule has 0 aliphatic carbocycles. The van der Waals surface area contributed by atoms with Crippen LogP contribution in [0.5, 0.6) is 0 Å². The summed E-state index contributed by atoms with van der Waals surface area (Å²) < 4.78 is 26.1. The fraction of sp³-hybridized carbons (Fsp3) is 0.188. The molecule has 3 nitrogen and oxygen atoms in total. The maximum atomic E-state index is 13.0. The molecule has 2 rings (SSSR count). The average Bonchev–Trinajstić information content (AvgIpc) is 2.43. The lowest BCUT2D eigenvalue weighted by Gasteiger charge is -2.08. The van der Waals surface area contributed by atoms with E-state index < -0.39 is 17.5 Å². The summed E-state index contributed by atoms with van der Waals surface area (Å²) in [4.78, 5) is 11.3. The summed E-state index contributed by atoms with van der Waals surface area (Å²) in [5, 5.41) is 3.13. The van der Waals surface area contributed by atoms with Gasteiger partial charge in [0.2, 0.25) is 5.91 Å². The Morgan fingerprint density at radius 2 is 1.76 bits per heavy atom. The summed E-state index contributed by atoms with van der Waals surface area (Å²) in [6, 6.07) is 10.5. The third kappa shape index (κ3) is 4.36. The van der Waals surface area contributed by atoms with E-state index in [0.717, 1.165) is 11.6 Å². The average molecular weight is 290 g/mol. The molecular formula is C16H16F2N2O. The zero-order valence-electron chi connectivity index (χ0n) is 11.4. The van der Waals surface area contributed by atoms with Gasteiger partial charge >= 0.3 is 0 Å². The van der Waals surface area contributed by atoms with Crippen molar-refractivity contribution in [1.29, 1.82) is 0 Å². The highest BCUT2D eigenvalue weighted by atomic mass is 19.1. The maximum Gasteiger partial charge on any atom is 0.249 e. The fourth-order valence-corrected chi connectivity index (χ4v) is 2.13. The van der Waals surface area contributed by atoms with Gasteiger partial charge in [0, 0.05) is 18.2 Å². The number of amides is 1. The first-order valence-corrected chi connectivity index (χ1v) is 6.59. The number of nitrogens with two attached hydrogens (primary N) is 1. The Morgan fingerprint density at radius 3 is 2.43 bits per heavy atom. The van der Waals surface area contributed by atoms with Crippen molar-refractivity contribution in [3.8, 4) is 0 Å². The lowest BCUT2D eigenvalue weighted by atomic mass is 10.1. The zero-order chi connectivity index (χ0) is 15.2. The number of halogens is 2. The maximum absolute atomic E-state index is 13.0. The summed E-state index contributed by atoms with van der Waals surface area (Å²) in [6.45, 7) is 1.01. The van der Waals surface area contributed by atoms with Crippen molar-refractivity contribution < 1.29 is 13.6 Å². The van der Waals surface area contributed by atoms with Crippen LogP contribution in [0.1, 0.15) is 21.5 Å². The number of carbonyl (C=O) groups excluding carboxylic acids is 1.